The number of aryl methyl sites for hydroxylation is 1. The standard InChI is InChI=1S/C16H15BrClN5O2/c1-22-12(4-6-20-22)9-19-16(24)14-5-7-23(21-14)10-25-15-3-2-11(17)8-13(15)18/h2-8H,9-10H2,1H3,(H,19,24). The van der Waals surface area contributed by atoms with Gasteiger partial charge in [0.1, 0.15) is 11.4 Å². The van der Waals surface area contributed by atoms with Crippen LogP contribution in [-0.2, 0) is 20.3 Å². The number of hydrogen-bond donors (Lipinski definition) is 1. The number of carbonyl (C=O) groups excluding carboxylic acids is 1. The van der Waals surface area contributed by atoms with Crippen LogP contribution in [0, 0.1) is 0 Å². The number of benzene rings is 1. The molecule has 1 N–H and O–H groups in total. The molecule has 0 atom stereocenters. The van der Waals surface area contributed by atoms with E-state index < -0.39 is 0 Å². The van der Waals surface area contributed by atoms with Gasteiger partial charge in [0.15, 0.2) is 6.73 Å². The Labute approximate surface area is 157 Å². The summed E-state index contributed by atoms with van der Waals surface area (Å²) in [4.78, 5) is 12.1. The van der Waals surface area contributed by atoms with E-state index in [1.807, 2.05) is 19.2 Å². The van der Waals surface area contributed by atoms with Gasteiger partial charge in [-0.2, -0.15) is 10.2 Å². The zero-order valence-corrected chi connectivity index (χ0v) is 15.7. The lowest BCUT2D eigenvalue weighted by molar-refractivity contribution is 0.0943. The predicted molar refractivity (Wildman–Crippen MR) is 96.4 cm³/mol. The minimum atomic E-state index is -0.262. The summed E-state index contributed by atoms with van der Waals surface area (Å²) in [6.07, 6.45) is 3.35. The van der Waals surface area contributed by atoms with Crippen LogP contribution in [0.25, 0.3) is 0 Å². The minimum absolute atomic E-state index is 0.149. The van der Waals surface area contributed by atoms with Gasteiger partial charge in [-0.1, -0.05) is 27.5 Å². The largest absolute Gasteiger partial charge is 0.470 e. The van der Waals surface area contributed by atoms with Crippen molar-refractivity contribution in [2.75, 3.05) is 0 Å². The summed E-state index contributed by atoms with van der Waals surface area (Å²) in [5.74, 6) is 0.282. The van der Waals surface area contributed by atoms with Gasteiger partial charge < -0.3 is 10.1 Å². The average Bonchev–Trinajstić information content (AvgIpc) is 3.21. The molecule has 1 amide bonds. The number of carbonyl (C=O) groups is 1. The molecule has 3 aromatic rings. The van der Waals surface area contributed by atoms with Crippen LogP contribution in [0.1, 0.15) is 16.2 Å². The van der Waals surface area contributed by atoms with Gasteiger partial charge in [-0.15, -0.1) is 0 Å². The molecule has 0 radical (unpaired) electrons. The molecule has 7 nitrogen and oxygen atoms in total. The first-order valence-electron chi connectivity index (χ1n) is 7.39. The van der Waals surface area contributed by atoms with Crippen LogP contribution in [0.15, 0.2) is 47.2 Å². The number of halogens is 2. The average molecular weight is 425 g/mol. The molecule has 3 rings (SSSR count). The highest BCUT2D eigenvalue weighted by Gasteiger charge is 2.11. The quantitative estimate of drug-likeness (QED) is 0.660. The third kappa shape index (κ3) is 4.40. The third-order valence-corrected chi connectivity index (χ3v) is 4.26. The summed E-state index contributed by atoms with van der Waals surface area (Å²) in [5, 5.41) is 11.6. The van der Waals surface area contributed by atoms with Gasteiger partial charge in [0.2, 0.25) is 0 Å². The number of ether oxygens (including phenoxy) is 1. The second kappa shape index (κ2) is 7.71. The van der Waals surface area contributed by atoms with Gasteiger partial charge >= 0.3 is 0 Å². The molecular weight excluding hydrogens is 410 g/mol. The number of amides is 1. The Morgan fingerprint density at radius 2 is 2.20 bits per heavy atom. The minimum Gasteiger partial charge on any atom is -0.470 e. The Hall–Kier alpha value is -2.32. The van der Waals surface area contributed by atoms with Crippen molar-refractivity contribution in [2.45, 2.75) is 13.3 Å². The molecule has 0 saturated carbocycles. The molecule has 130 valence electrons. The molecule has 2 aromatic heterocycles. The fraction of sp³-hybridized carbons (Fsp3) is 0.188. The SMILES string of the molecule is Cn1nccc1CNC(=O)c1ccn(COc2ccc(Br)cc2Cl)n1. The predicted octanol–water partition coefficient (Wildman–Crippen LogP) is 3.00. The van der Waals surface area contributed by atoms with Crippen LogP contribution >= 0.6 is 27.5 Å². The zero-order chi connectivity index (χ0) is 17.8. The summed E-state index contributed by atoms with van der Waals surface area (Å²) >= 11 is 9.44. The van der Waals surface area contributed by atoms with Crippen LogP contribution in [0.3, 0.4) is 0 Å². The molecule has 0 aliphatic carbocycles. The Balaban J connectivity index is 1.56. The molecule has 9 heteroatoms. The van der Waals surface area contributed by atoms with Crippen molar-refractivity contribution in [1.29, 1.82) is 0 Å². The maximum Gasteiger partial charge on any atom is 0.272 e. The Morgan fingerprint density at radius 3 is 2.92 bits per heavy atom. The number of aromatic nitrogens is 4. The third-order valence-electron chi connectivity index (χ3n) is 3.47. The second-order valence-corrected chi connectivity index (χ2v) is 6.54. The molecule has 0 aliphatic heterocycles. The van der Waals surface area contributed by atoms with Crippen LogP contribution in [0.2, 0.25) is 5.02 Å². The van der Waals surface area contributed by atoms with Crippen LogP contribution in [-0.4, -0.2) is 25.5 Å². The smallest absolute Gasteiger partial charge is 0.272 e. The number of rotatable bonds is 6. The van der Waals surface area contributed by atoms with Crippen molar-refractivity contribution in [3.63, 3.8) is 0 Å². The first kappa shape index (κ1) is 17.5. The number of nitrogens with zero attached hydrogens (tertiary/aromatic N) is 4. The monoisotopic (exact) mass is 423 g/mol. The fourth-order valence-electron chi connectivity index (χ4n) is 2.12. The summed E-state index contributed by atoms with van der Waals surface area (Å²) < 4.78 is 9.71. The summed E-state index contributed by atoms with van der Waals surface area (Å²) in [7, 11) is 1.82. The first-order chi connectivity index (χ1) is 12.0. The van der Waals surface area contributed by atoms with Crippen LogP contribution < -0.4 is 10.1 Å². The first-order valence-corrected chi connectivity index (χ1v) is 8.56. The fourth-order valence-corrected chi connectivity index (χ4v) is 2.85. The maximum atomic E-state index is 12.1. The lowest BCUT2D eigenvalue weighted by Crippen LogP contribution is -2.24. The van der Waals surface area contributed by atoms with Crippen molar-refractivity contribution in [2.24, 2.45) is 7.05 Å². The van der Waals surface area contributed by atoms with Gasteiger partial charge in [0.25, 0.3) is 5.91 Å². The molecule has 1 aromatic carbocycles. The molecule has 25 heavy (non-hydrogen) atoms. The maximum absolute atomic E-state index is 12.1. The van der Waals surface area contributed by atoms with Crippen molar-refractivity contribution in [3.8, 4) is 5.75 Å². The molecular formula is C16H15BrClN5O2. The molecule has 0 saturated heterocycles. The Morgan fingerprint density at radius 1 is 1.36 bits per heavy atom. The van der Waals surface area contributed by atoms with Crippen molar-refractivity contribution < 1.29 is 9.53 Å². The van der Waals surface area contributed by atoms with Crippen LogP contribution in [0.4, 0.5) is 0 Å². The zero-order valence-electron chi connectivity index (χ0n) is 13.3. The molecule has 0 unspecified atom stereocenters. The molecule has 0 aliphatic rings. The van der Waals surface area contributed by atoms with Gasteiger partial charge in [-0.3, -0.25) is 9.48 Å². The van der Waals surface area contributed by atoms with Crippen molar-refractivity contribution in [1.82, 2.24) is 24.9 Å². The van der Waals surface area contributed by atoms with E-state index in [-0.39, 0.29) is 12.6 Å². The Kier molecular flexibility index (Phi) is 5.40. The van der Waals surface area contributed by atoms with Gasteiger partial charge in [-0.05, 0) is 30.3 Å². The lowest BCUT2D eigenvalue weighted by Gasteiger charge is -2.08. The van der Waals surface area contributed by atoms with Crippen LogP contribution in [0.5, 0.6) is 5.75 Å². The lowest BCUT2D eigenvalue weighted by atomic mass is 10.3. The highest BCUT2D eigenvalue weighted by Crippen LogP contribution is 2.27. The van der Waals surface area contributed by atoms with E-state index in [1.54, 1.807) is 35.3 Å². The van der Waals surface area contributed by atoms with E-state index >= 15 is 0 Å². The van der Waals surface area contributed by atoms with Gasteiger partial charge in [-0.25, -0.2) is 4.68 Å². The van der Waals surface area contributed by atoms with E-state index in [2.05, 4.69) is 31.4 Å². The highest BCUT2D eigenvalue weighted by atomic mass is 79.9. The van der Waals surface area contributed by atoms with E-state index in [9.17, 15) is 4.79 Å². The van der Waals surface area contributed by atoms with Gasteiger partial charge in [0.05, 0.1) is 17.3 Å². The summed E-state index contributed by atoms with van der Waals surface area (Å²) in [5.41, 5.74) is 1.22. The second-order valence-electron chi connectivity index (χ2n) is 5.22. The van der Waals surface area contributed by atoms with E-state index in [0.717, 1.165) is 10.2 Å². The summed E-state index contributed by atoms with van der Waals surface area (Å²) in [6.45, 7) is 0.531. The number of hydrogen-bond acceptors (Lipinski definition) is 4. The summed E-state index contributed by atoms with van der Waals surface area (Å²) in [6, 6.07) is 8.82. The molecule has 2 heterocycles. The highest BCUT2D eigenvalue weighted by molar-refractivity contribution is 9.10. The van der Waals surface area contributed by atoms with E-state index in [4.69, 9.17) is 16.3 Å². The molecule has 0 spiro atoms. The van der Waals surface area contributed by atoms with Gasteiger partial charge in [0, 0.05) is 23.9 Å². The van der Waals surface area contributed by atoms with E-state index in [1.165, 1.54) is 4.68 Å². The Bertz CT molecular complexity index is 892. The number of nitrogens with one attached hydrogen (secondary N) is 1. The topological polar surface area (TPSA) is 74.0 Å². The molecule has 0 bridgehead atoms. The van der Waals surface area contributed by atoms with Crippen molar-refractivity contribution >= 4 is 33.4 Å². The van der Waals surface area contributed by atoms with E-state index in [0.29, 0.717) is 23.0 Å². The normalized spacial score (nSPS) is 10.7. The molecule has 0 fully saturated rings. The van der Waals surface area contributed by atoms with Crippen molar-refractivity contribution in [3.05, 3.63) is 63.6 Å².